The Morgan fingerprint density at radius 1 is 1.32 bits per heavy atom. The molecule has 2 saturated carbocycles. The quantitative estimate of drug-likeness (QED) is 0.769. The molecule has 1 N–H and O–H groups in total. The summed E-state index contributed by atoms with van der Waals surface area (Å²) in [6.07, 6.45) is 4.71. The molecule has 5 nitrogen and oxygen atoms in total. The molecule has 1 heterocycles. The summed E-state index contributed by atoms with van der Waals surface area (Å²) in [4.78, 5) is 12.4. The summed E-state index contributed by atoms with van der Waals surface area (Å²) in [5.41, 5.74) is 0.491. The first kappa shape index (κ1) is 16.6. The third-order valence-electron chi connectivity index (χ3n) is 4.61. The van der Waals surface area contributed by atoms with Crippen molar-refractivity contribution in [3.8, 4) is 0 Å². The molecule has 0 saturated heterocycles. The van der Waals surface area contributed by atoms with E-state index in [2.05, 4.69) is 20.1 Å². The molecule has 0 radical (unpaired) electrons. The normalized spacial score (nSPS) is 18.2. The van der Waals surface area contributed by atoms with Gasteiger partial charge in [0.15, 0.2) is 5.16 Å². The van der Waals surface area contributed by atoms with E-state index in [1.807, 2.05) is 6.92 Å². The fourth-order valence-corrected chi connectivity index (χ4v) is 3.79. The molecule has 7 heteroatoms. The molecule has 0 spiro atoms. The van der Waals surface area contributed by atoms with E-state index in [0.717, 1.165) is 11.0 Å². The molecular formula is C18H21FN4OS. The van der Waals surface area contributed by atoms with Crippen LogP contribution in [-0.4, -0.2) is 25.9 Å². The van der Waals surface area contributed by atoms with Gasteiger partial charge in [-0.3, -0.25) is 4.79 Å². The lowest BCUT2D eigenvalue weighted by Gasteiger charge is -2.13. The maximum atomic E-state index is 13.6. The maximum Gasteiger partial charge on any atom is 0.233 e. The van der Waals surface area contributed by atoms with Gasteiger partial charge in [-0.15, -0.1) is 10.2 Å². The predicted molar refractivity (Wildman–Crippen MR) is 93.8 cm³/mol. The van der Waals surface area contributed by atoms with Crippen molar-refractivity contribution in [1.29, 1.82) is 0 Å². The van der Waals surface area contributed by atoms with Gasteiger partial charge in [-0.2, -0.15) is 0 Å². The lowest BCUT2D eigenvalue weighted by molar-refractivity contribution is -0.120. The van der Waals surface area contributed by atoms with Crippen LogP contribution in [0.2, 0.25) is 0 Å². The van der Waals surface area contributed by atoms with Gasteiger partial charge in [0, 0.05) is 24.1 Å². The average molecular weight is 360 g/mol. The molecule has 1 aromatic heterocycles. The number of carbonyl (C=O) groups excluding carboxylic acids is 1. The topological polar surface area (TPSA) is 59.8 Å². The highest BCUT2D eigenvalue weighted by molar-refractivity contribution is 8.00. The molecular weight excluding hydrogens is 339 g/mol. The molecule has 2 aliphatic carbocycles. The van der Waals surface area contributed by atoms with Gasteiger partial charge in [0.2, 0.25) is 5.91 Å². The number of rotatable bonds is 7. The second-order valence-electron chi connectivity index (χ2n) is 6.79. The van der Waals surface area contributed by atoms with Crippen LogP contribution in [-0.2, 0) is 11.3 Å². The van der Waals surface area contributed by atoms with Gasteiger partial charge in [-0.1, -0.05) is 30.0 Å². The minimum atomic E-state index is -0.305. The van der Waals surface area contributed by atoms with Crippen LogP contribution in [0.4, 0.5) is 4.39 Å². The molecule has 2 fully saturated rings. The van der Waals surface area contributed by atoms with Crippen LogP contribution in [0.15, 0.2) is 29.4 Å². The summed E-state index contributed by atoms with van der Waals surface area (Å²) >= 11 is 1.44. The number of halogens is 1. The van der Waals surface area contributed by atoms with Crippen molar-refractivity contribution in [3.05, 3.63) is 41.5 Å². The molecule has 0 bridgehead atoms. The number of hydrogen-bond acceptors (Lipinski definition) is 4. The number of nitrogens with one attached hydrogen (secondary N) is 1. The van der Waals surface area contributed by atoms with Crippen molar-refractivity contribution in [2.45, 2.75) is 61.5 Å². The van der Waals surface area contributed by atoms with Crippen LogP contribution in [0.3, 0.4) is 0 Å². The van der Waals surface area contributed by atoms with Crippen molar-refractivity contribution in [1.82, 2.24) is 20.1 Å². The Balaban J connectivity index is 1.39. The summed E-state index contributed by atoms with van der Waals surface area (Å²) < 4.78 is 15.9. The molecule has 2 aromatic rings. The Bertz CT molecular complexity index is 785. The smallest absolute Gasteiger partial charge is 0.233 e. The number of amides is 1. The third kappa shape index (κ3) is 3.71. The van der Waals surface area contributed by atoms with Gasteiger partial charge >= 0.3 is 0 Å². The average Bonchev–Trinajstić information content (AvgIpc) is 3.53. The van der Waals surface area contributed by atoms with Gasteiger partial charge in [0.25, 0.3) is 0 Å². The van der Waals surface area contributed by atoms with Crippen LogP contribution < -0.4 is 5.32 Å². The number of carbonyl (C=O) groups is 1. The van der Waals surface area contributed by atoms with Crippen molar-refractivity contribution in [2.75, 3.05) is 0 Å². The van der Waals surface area contributed by atoms with E-state index in [1.165, 1.54) is 43.5 Å². The van der Waals surface area contributed by atoms with Gasteiger partial charge in [0.05, 0.1) is 5.25 Å². The van der Waals surface area contributed by atoms with E-state index < -0.39 is 0 Å². The molecule has 1 unspecified atom stereocenters. The Morgan fingerprint density at radius 3 is 2.76 bits per heavy atom. The van der Waals surface area contributed by atoms with Crippen LogP contribution in [0.25, 0.3) is 0 Å². The van der Waals surface area contributed by atoms with Crippen LogP contribution >= 0.6 is 11.8 Å². The number of benzene rings is 1. The van der Waals surface area contributed by atoms with Crippen molar-refractivity contribution in [3.63, 3.8) is 0 Å². The Hall–Kier alpha value is -1.89. The molecule has 1 amide bonds. The molecule has 4 rings (SSSR count). The van der Waals surface area contributed by atoms with Crippen molar-refractivity contribution >= 4 is 17.7 Å². The van der Waals surface area contributed by atoms with E-state index in [1.54, 1.807) is 18.2 Å². The van der Waals surface area contributed by atoms with Gasteiger partial charge in [-0.05, 0) is 38.7 Å². The highest BCUT2D eigenvalue weighted by Crippen LogP contribution is 2.46. The second kappa shape index (κ2) is 6.78. The first-order chi connectivity index (χ1) is 12.1. The minimum absolute atomic E-state index is 0.119. The third-order valence-corrected chi connectivity index (χ3v) is 5.66. The molecule has 2 aliphatic rings. The zero-order valence-corrected chi connectivity index (χ0v) is 14.9. The minimum Gasteiger partial charge on any atom is -0.351 e. The fraction of sp³-hybridized carbons (Fsp3) is 0.500. The lowest BCUT2D eigenvalue weighted by atomic mass is 10.2. The highest BCUT2D eigenvalue weighted by Gasteiger charge is 2.37. The predicted octanol–water partition coefficient (Wildman–Crippen LogP) is 3.43. The van der Waals surface area contributed by atoms with Gasteiger partial charge in [-0.25, -0.2) is 4.39 Å². The van der Waals surface area contributed by atoms with E-state index in [9.17, 15) is 9.18 Å². The molecule has 25 heavy (non-hydrogen) atoms. The summed E-state index contributed by atoms with van der Waals surface area (Å²) in [6.45, 7) is 2.04. The standard InChI is InChI=1S/C18H21FN4OS/c1-11(17(24)20-10-13-4-2-3-5-15(13)19)25-18-22-21-16(12-6-7-12)23(18)14-8-9-14/h2-5,11-12,14H,6-10H2,1H3,(H,20,24). The zero-order valence-electron chi connectivity index (χ0n) is 14.1. The molecule has 1 aromatic carbocycles. The van der Waals surface area contributed by atoms with Crippen molar-refractivity contribution < 1.29 is 9.18 Å². The molecule has 0 aliphatic heterocycles. The van der Waals surface area contributed by atoms with E-state index in [4.69, 9.17) is 0 Å². The highest BCUT2D eigenvalue weighted by atomic mass is 32.2. The van der Waals surface area contributed by atoms with Crippen LogP contribution in [0.1, 0.15) is 56.0 Å². The van der Waals surface area contributed by atoms with E-state index >= 15 is 0 Å². The van der Waals surface area contributed by atoms with Crippen molar-refractivity contribution in [2.24, 2.45) is 0 Å². The second-order valence-corrected chi connectivity index (χ2v) is 8.09. The summed E-state index contributed by atoms with van der Waals surface area (Å²) in [7, 11) is 0. The monoisotopic (exact) mass is 360 g/mol. The first-order valence-corrected chi connectivity index (χ1v) is 9.64. The number of nitrogens with zero attached hydrogens (tertiary/aromatic N) is 3. The lowest BCUT2D eigenvalue weighted by Crippen LogP contribution is -2.31. The number of aromatic nitrogens is 3. The van der Waals surface area contributed by atoms with Gasteiger partial charge < -0.3 is 9.88 Å². The Labute approximate surface area is 150 Å². The Morgan fingerprint density at radius 2 is 2.08 bits per heavy atom. The Kier molecular flexibility index (Phi) is 4.50. The van der Waals surface area contributed by atoms with Gasteiger partial charge in [0.1, 0.15) is 11.6 Å². The zero-order chi connectivity index (χ0) is 17.4. The van der Waals surface area contributed by atoms with Crippen LogP contribution in [0, 0.1) is 5.82 Å². The summed E-state index contributed by atoms with van der Waals surface area (Å²) in [5.74, 6) is 1.22. The largest absolute Gasteiger partial charge is 0.351 e. The number of hydrogen-bond donors (Lipinski definition) is 1. The molecule has 132 valence electrons. The SMILES string of the molecule is CC(Sc1nnc(C2CC2)n1C1CC1)C(=O)NCc1ccccc1F. The van der Waals surface area contributed by atoms with E-state index in [-0.39, 0.29) is 23.5 Å². The van der Waals surface area contributed by atoms with E-state index in [0.29, 0.717) is 17.5 Å². The maximum absolute atomic E-state index is 13.6. The number of thioether (sulfide) groups is 1. The summed E-state index contributed by atoms with van der Waals surface area (Å²) in [5, 5.41) is 12.0. The molecule has 1 atom stereocenters. The van der Waals surface area contributed by atoms with Crippen LogP contribution in [0.5, 0.6) is 0 Å². The summed E-state index contributed by atoms with van der Waals surface area (Å²) in [6, 6.07) is 6.99. The fourth-order valence-electron chi connectivity index (χ4n) is 2.84. The first-order valence-electron chi connectivity index (χ1n) is 8.76.